The lowest BCUT2D eigenvalue weighted by Crippen LogP contribution is -2.53. The molecule has 1 rings (SSSR count). The van der Waals surface area contributed by atoms with Gasteiger partial charge in [0.05, 0.1) is 6.04 Å². The van der Waals surface area contributed by atoms with Crippen molar-refractivity contribution in [2.24, 2.45) is 5.92 Å². The molecule has 1 aliphatic rings. The summed E-state index contributed by atoms with van der Waals surface area (Å²) in [5, 5.41) is 6.36. The number of carbonyl (C=O) groups is 1. The molecule has 0 radical (unpaired) electrons. The molecule has 88 valence electrons. The SMILES string of the molecule is CSCC(C)NC(=O)C1NCCCC1C. The van der Waals surface area contributed by atoms with E-state index in [1.165, 1.54) is 6.42 Å². The molecule has 2 N–H and O–H groups in total. The van der Waals surface area contributed by atoms with Gasteiger partial charge in [0.25, 0.3) is 0 Å². The first kappa shape index (κ1) is 12.8. The highest BCUT2D eigenvalue weighted by Gasteiger charge is 2.27. The number of thioether (sulfide) groups is 1. The van der Waals surface area contributed by atoms with E-state index in [0.29, 0.717) is 5.92 Å². The fourth-order valence-corrected chi connectivity index (χ4v) is 2.61. The van der Waals surface area contributed by atoms with E-state index in [4.69, 9.17) is 0 Å². The van der Waals surface area contributed by atoms with Crippen LogP contribution in [0.3, 0.4) is 0 Å². The van der Waals surface area contributed by atoms with Crippen molar-refractivity contribution in [3.8, 4) is 0 Å². The third-order valence-electron chi connectivity index (χ3n) is 2.86. The maximum Gasteiger partial charge on any atom is 0.237 e. The largest absolute Gasteiger partial charge is 0.351 e. The molecule has 4 heteroatoms. The first-order valence-electron chi connectivity index (χ1n) is 5.68. The number of amides is 1. The minimum absolute atomic E-state index is 0.0167. The van der Waals surface area contributed by atoms with E-state index in [9.17, 15) is 4.79 Å². The Labute approximate surface area is 96.8 Å². The Hall–Kier alpha value is -0.220. The topological polar surface area (TPSA) is 41.1 Å². The smallest absolute Gasteiger partial charge is 0.237 e. The first-order chi connectivity index (χ1) is 7.15. The maximum atomic E-state index is 11.9. The lowest BCUT2D eigenvalue weighted by Gasteiger charge is -2.30. The van der Waals surface area contributed by atoms with Gasteiger partial charge in [0.1, 0.15) is 0 Å². The number of carbonyl (C=O) groups excluding carboxylic acids is 1. The summed E-state index contributed by atoms with van der Waals surface area (Å²) in [6.07, 6.45) is 4.40. The van der Waals surface area contributed by atoms with Crippen molar-refractivity contribution in [1.29, 1.82) is 0 Å². The third kappa shape index (κ3) is 4.03. The van der Waals surface area contributed by atoms with Gasteiger partial charge < -0.3 is 10.6 Å². The summed E-state index contributed by atoms with van der Waals surface area (Å²) in [6, 6.07) is 0.284. The highest BCUT2D eigenvalue weighted by Crippen LogP contribution is 2.15. The molecule has 0 aromatic carbocycles. The number of rotatable bonds is 4. The van der Waals surface area contributed by atoms with Gasteiger partial charge in [-0.2, -0.15) is 11.8 Å². The lowest BCUT2D eigenvalue weighted by molar-refractivity contribution is -0.125. The maximum absolute atomic E-state index is 11.9. The fourth-order valence-electron chi connectivity index (χ4n) is 2.02. The molecule has 1 saturated heterocycles. The van der Waals surface area contributed by atoms with Gasteiger partial charge in [-0.15, -0.1) is 0 Å². The highest BCUT2D eigenvalue weighted by molar-refractivity contribution is 7.98. The molecule has 0 bridgehead atoms. The molecule has 15 heavy (non-hydrogen) atoms. The van der Waals surface area contributed by atoms with E-state index in [0.717, 1.165) is 18.7 Å². The molecule has 1 heterocycles. The van der Waals surface area contributed by atoms with E-state index in [1.54, 1.807) is 11.8 Å². The van der Waals surface area contributed by atoms with Crippen LogP contribution in [-0.4, -0.2) is 36.5 Å². The summed E-state index contributed by atoms with van der Waals surface area (Å²) in [7, 11) is 0. The summed E-state index contributed by atoms with van der Waals surface area (Å²) in [5.74, 6) is 1.61. The van der Waals surface area contributed by atoms with Crippen LogP contribution in [0, 0.1) is 5.92 Å². The Kier molecular flexibility index (Phi) is 5.47. The van der Waals surface area contributed by atoms with Gasteiger partial charge in [0.15, 0.2) is 0 Å². The zero-order chi connectivity index (χ0) is 11.3. The van der Waals surface area contributed by atoms with Crippen molar-refractivity contribution >= 4 is 17.7 Å². The van der Waals surface area contributed by atoms with E-state index in [1.807, 2.05) is 0 Å². The zero-order valence-electron chi connectivity index (χ0n) is 9.88. The number of nitrogens with one attached hydrogen (secondary N) is 2. The molecule has 0 saturated carbocycles. The average molecular weight is 230 g/mol. The van der Waals surface area contributed by atoms with Crippen LogP contribution in [0.15, 0.2) is 0 Å². The normalized spacial score (nSPS) is 28.5. The van der Waals surface area contributed by atoms with Crippen LogP contribution in [0.5, 0.6) is 0 Å². The molecule has 0 aromatic rings. The van der Waals surface area contributed by atoms with Gasteiger partial charge >= 0.3 is 0 Å². The van der Waals surface area contributed by atoms with Crippen molar-refractivity contribution in [3.05, 3.63) is 0 Å². The lowest BCUT2D eigenvalue weighted by atomic mass is 9.92. The molecule has 1 aliphatic heterocycles. The van der Waals surface area contributed by atoms with Crippen molar-refractivity contribution in [1.82, 2.24) is 10.6 Å². The number of hydrogen-bond donors (Lipinski definition) is 2. The molecule has 1 amide bonds. The van der Waals surface area contributed by atoms with Crippen LogP contribution in [0.25, 0.3) is 0 Å². The second-order valence-corrected chi connectivity index (χ2v) is 5.33. The Morgan fingerprint density at radius 2 is 2.40 bits per heavy atom. The van der Waals surface area contributed by atoms with Gasteiger partial charge in [0.2, 0.25) is 5.91 Å². The number of hydrogen-bond acceptors (Lipinski definition) is 3. The standard InChI is InChI=1S/C11H22N2OS/c1-8-5-4-6-12-10(8)11(14)13-9(2)7-15-3/h8-10,12H,4-7H2,1-3H3,(H,13,14). The van der Waals surface area contributed by atoms with Gasteiger partial charge in [-0.05, 0) is 38.5 Å². The zero-order valence-corrected chi connectivity index (χ0v) is 10.7. The third-order valence-corrected chi connectivity index (χ3v) is 3.69. The molecule has 0 aliphatic carbocycles. The van der Waals surface area contributed by atoms with Crippen molar-refractivity contribution in [2.75, 3.05) is 18.6 Å². The van der Waals surface area contributed by atoms with E-state index < -0.39 is 0 Å². The predicted molar refractivity (Wildman–Crippen MR) is 66.2 cm³/mol. The first-order valence-corrected chi connectivity index (χ1v) is 7.07. The summed E-state index contributed by atoms with van der Waals surface area (Å²) >= 11 is 1.76. The molecule has 3 atom stereocenters. The van der Waals surface area contributed by atoms with Gasteiger partial charge in [0, 0.05) is 11.8 Å². The fraction of sp³-hybridized carbons (Fsp3) is 0.909. The Morgan fingerprint density at radius 3 is 3.00 bits per heavy atom. The summed E-state index contributed by atoms with van der Waals surface area (Å²) in [4.78, 5) is 11.9. The molecular weight excluding hydrogens is 208 g/mol. The van der Waals surface area contributed by atoms with Crippen molar-refractivity contribution in [3.63, 3.8) is 0 Å². The molecule has 3 nitrogen and oxygen atoms in total. The number of piperidine rings is 1. The minimum atomic E-state index is 0.0167. The van der Waals surface area contributed by atoms with Crippen molar-refractivity contribution < 1.29 is 4.79 Å². The van der Waals surface area contributed by atoms with E-state index in [2.05, 4.69) is 30.7 Å². The van der Waals surface area contributed by atoms with E-state index in [-0.39, 0.29) is 18.0 Å². The predicted octanol–water partition coefficient (Wildman–Crippen LogP) is 1.24. The average Bonchev–Trinajstić information content (AvgIpc) is 2.18. The van der Waals surface area contributed by atoms with Crippen LogP contribution in [0.4, 0.5) is 0 Å². The van der Waals surface area contributed by atoms with E-state index >= 15 is 0 Å². The van der Waals surface area contributed by atoms with Gasteiger partial charge in [-0.1, -0.05) is 6.92 Å². The Morgan fingerprint density at radius 1 is 1.67 bits per heavy atom. The molecule has 1 fully saturated rings. The van der Waals surface area contributed by atoms with Crippen LogP contribution in [0.1, 0.15) is 26.7 Å². The summed E-state index contributed by atoms with van der Waals surface area (Å²) in [6.45, 7) is 5.18. The summed E-state index contributed by atoms with van der Waals surface area (Å²) < 4.78 is 0. The second-order valence-electron chi connectivity index (χ2n) is 4.42. The summed E-state index contributed by atoms with van der Waals surface area (Å²) in [5.41, 5.74) is 0. The monoisotopic (exact) mass is 230 g/mol. The second kappa shape index (κ2) is 6.38. The van der Waals surface area contributed by atoms with Crippen molar-refractivity contribution in [2.45, 2.75) is 38.8 Å². The molecule has 0 spiro atoms. The highest BCUT2D eigenvalue weighted by atomic mass is 32.2. The van der Waals surface area contributed by atoms with Crippen LogP contribution < -0.4 is 10.6 Å². The minimum Gasteiger partial charge on any atom is -0.351 e. The molecular formula is C11H22N2OS. The van der Waals surface area contributed by atoms with Gasteiger partial charge in [-0.25, -0.2) is 0 Å². The molecule has 3 unspecified atom stereocenters. The Bertz CT molecular complexity index is 211. The molecule has 0 aromatic heterocycles. The van der Waals surface area contributed by atoms with Gasteiger partial charge in [-0.3, -0.25) is 4.79 Å². The van der Waals surface area contributed by atoms with Crippen LogP contribution >= 0.6 is 11.8 Å². The van der Waals surface area contributed by atoms with Crippen LogP contribution in [0.2, 0.25) is 0 Å². The quantitative estimate of drug-likeness (QED) is 0.763. The van der Waals surface area contributed by atoms with Crippen LogP contribution in [-0.2, 0) is 4.79 Å². The Balaban J connectivity index is 2.37.